The summed E-state index contributed by atoms with van der Waals surface area (Å²) in [5.41, 5.74) is 7.93. The Hall–Kier alpha value is -1.06. The second kappa shape index (κ2) is 6.51. The maximum absolute atomic E-state index is 5.41. The molecule has 0 bridgehead atoms. The van der Waals surface area contributed by atoms with Crippen LogP contribution in [-0.2, 0) is 6.42 Å². The maximum Gasteiger partial charge on any atom is 0.122 e. The van der Waals surface area contributed by atoms with Crippen LogP contribution in [0.25, 0.3) is 0 Å². The molecule has 0 atom stereocenters. The lowest BCUT2D eigenvalue weighted by atomic mass is 10.00. The second-order valence-electron chi connectivity index (χ2n) is 4.18. The molecule has 3 heteroatoms. The number of nitrogens with two attached hydrogens (primary N) is 1. The summed E-state index contributed by atoms with van der Waals surface area (Å²) in [5, 5.41) is 3.11. The minimum Gasteiger partial charge on any atom is -0.496 e. The Morgan fingerprint density at radius 3 is 2.69 bits per heavy atom. The van der Waals surface area contributed by atoms with Crippen molar-refractivity contribution in [3.8, 4) is 5.75 Å². The van der Waals surface area contributed by atoms with E-state index >= 15 is 0 Å². The smallest absolute Gasteiger partial charge is 0.122 e. The molecule has 0 saturated carbocycles. The summed E-state index contributed by atoms with van der Waals surface area (Å²) >= 11 is 0. The monoisotopic (exact) mass is 222 g/mol. The highest BCUT2D eigenvalue weighted by Crippen LogP contribution is 2.24. The van der Waals surface area contributed by atoms with E-state index in [1.165, 1.54) is 11.1 Å². The minimum atomic E-state index is 0.520. The van der Waals surface area contributed by atoms with Crippen LogP contribution in [0.1, 0.15) is 30.9 Å². The van der Waals surface area contributed by atoms with Crippen LogP contribution in [0, 0.1) is 0 Å². The Labute approximate surface area is 98.0 Å². The molecule has 0 spiro atoms. The van der Waals surface area contributed by atoms with Gasteiger partial charge in [-0.2, -0.15) is 0 Å². The van der Waals surface area contributed by atoms with Crippen molar-refractivity contribution in [2.45, 2.75) is 26.2 Å². The van der Waals surface area contributed by atoms with Crippen molar-refractivity contribution in [3.63, 3.8) is 0 Å². The Bertz CT molecular complexity index is 324. The van der Waals surface area contributed by atoms with Gasteiger partial charge in [0.25, 0.3) is 0 Å². The van der Waals surface area contributed by atoms with Gasteiger partial charge in [-0.25, -0.2) is 0 Å². The lowest BCUT2D eigenvalue weighted by Crippen LogP contribution is -2.24. The van der Waals surface area contributed by atoms with Crippen LogP contribution in [0.15, 0.2) is 18.2 Å². The molecule has 1 aromatic carbocycles. The van der Waals surface area contributed by atoms with Crippen molar-refractivity contribution in [1.82, 2.24) is 5.32 Å². The van der Waals surface area contributed by atoms with Crippen molar-refractivity contribution in [2.24, 2.45) is 5.73 Å². The van der Waals surface area contributed by atoms with E-state index < -0.39 is 0 Å². The molecule has 90 valence electrons. The Morgan fingerprint density at radius 1 is 1.38 bits per heavy atom. The van der Waals surface area contributed by atoms with E-state index in [0.29, 0.717) is 12.6 Å². The van der Waals surface area contributed by atoms with Crippen LogP contribution in [0.3, 0.4) is 0 Å². The zero-order valence-corrected chi connectivity index (χ0v) is 10.4. The van der Waals surface area contributed by atoms with Crippen molar-refractivity contribution in [3.05, 3.63) is 29.3 Å². The average Bonchev–Trinajstić information content (AvgIpc) is 2.29. The molecule has 1 rings (SSSR count). The number of hydrogen-bond acceptors (Lipinski definition) is 3. The molecule has 0 aliphatic heterocycles. The van der Waals surface area contributed by atoms with Crippen LogP contribution in [0.5, 0.6) is 5.75 Å². The van der Waals surface area contributed by atoms with Crippen molar-refractivity contribution in [1.29, 1.82) is 0 Å². The van der Waals surface area contributed by atoms with Crippen LogP contribution < -0.4 is 15.8 Å². The molecule has 1 aromatic rings. The van der Waals surface area contributed by atoms with Gasteiger partial charge in [-0.05, 0) is 29.5 Å². The van der Waals surface area contributed by atoms with Gasteiger partial charge in [-0.3, -0.25) is 0 Å². The molecule has 0 radical (unpaired) electrons. The number of ether oxygens (including phenoxy) is 1. The first-order chi connectivity index (χ1) is 7.69. The average molecular weight is 222 g/mol. The van der Waals surface area contributed by atoms with Crippen LogP contribution in [0.4, 0.5) is 0 Å². The van der Waals surface area contributed by atoms with Gasteiger partial charge in [0.2, 0.25) is 0 Å². The van der Waals surface area contributed by atoms with Gasteiger partial charge in [0, 0.05) is 13.2 Å². The van der Waals surface area contributed by atoms with E-state index in [9.17, 15) is 0 Å². The summed E-state index contributed by atoms with van der Waals surface area (Å²) < 4.78 is 5.41. The Kier molecular flexibility index (Phi) is 5.29. The lowest BCUT2D eigenvalue weighted by Gasteiger charge is -2.12. The summed E-state index contributed by atoms with van der Waals surface area (Å²) in [6.07, 6.45) is 0.943. The predicted octanol–water partition coefficient (Wildman–Crippen LogP) is 1.87. The zero-order chi connectivity index (χ0) is 12.0. The topological polar surface area (TPSA) is 47.3 Å². The van der Waals surface area contributed by atoms with Gasteiger partial charge >= 0.3 is 0 Å². The molecular formula is C13H22N2O. The SMILES string of the molecule is COc1cc(C(C)C)ccc1CCNCN. The molecule has 0 aliphatic carbocycles. The second-order valence-corrected chi connectivity index (χ2v) is 4.18. The third-order valence-corrected chi connectivity index (χ3v) is 2.69. The standard InChI is InChI=1S/C13H22N2O/c1-10(2)12-5-4-11(6-7-15-9-14)13(8-12)16-3/h4-5,8,10,15H,6-7,9,14H2,1-3H3. The van der Waals surface area contributed by atoms with Crippen molar-refractivity contribution >= 4 is 0 Å². The fourth-order valence-electron chi connectivity index (χ4n) is 1.65. The van der Waals surface area contributed by atoms with E-state index in [4.69, 9.17) is 10.5 Å². The van der Waals surface area contributed by atoms with E-state index in [1.54, 1.807) is 7.11 Å². The highest BCUT2D eigenvalue weighted by atomic mass is 16.5. The highest BCUT2D eigenvalue weighted by Gasteiger charge is 2.06. The predicted molar refractivity (Wildman–Crippen MR) is 67.8 cm³/mol. The van der Waals surface area contributed by atoms with Crippen molar-refractivity contribution < 1.29 is 4.74 Å². The molecule has 0 fully saturated rings. The van der Waals surface area contributed by atoms with E-state index in [0.717, 1.165) is 18.7 Å². The van der Waals surface area contributed by atoms with Gasteiger partial charge in [-0.15, -0.1) is 0 Å². The van der Waals surface area contributed by atoms with Gasteiger partial charge in [0.1, 0.15) is 5.75 Å². The number of methoxy groups -OCH3 is 1. The van der Waals surface area contributed by atoms with Crippen LogP contribution >= 0.6 is 0 Å². The number of nitrogens with one attached hydrogen (secondary N) is 1. The first-order valence-corrected chi connectivity index (χ1v) is 5.76. The molecule has 0 heterocycles. The molecule has 0 amide bonds. The first-order valence-electron chi connectivity index (χ1n) is 5.76. The molecule has 0 aliphatic rings. The molecule has 3 nitrogen and oxygen atoms in total. The molecule has 3 N–H and O–H groups in total. The summed E-state index contributed by atoms with van der Waals surface area (Å²) in [6.45, 7) is 5.77. The normalized spacial score (nSPS) is 10.8. The maximum atomic E-state index is 5.41. The lowest BCUT2D eigenvalue weighted by molar-refractivity contribution is 0.408. The van der Waals surface area contributed by atoms with E-state index in [2.05, 4.69) is 37.4 Å². The molecule has 16 heavy (non-hydrogen) atoms. The highest BCUT2D eigenvalue weighted by molar-refractivity contribution is 5.38. The van der Waals surface area contributed by atoms with Gasteiger partial charge in [0.15, 0.2) is 0 Å². The van der Waals surface area contributed by atoms with Gasteiger partial charge < -0.3 is 15.8 Å². The summed E-state index contributed by atoms with van der Waals surface area (Å²) in [4.78, 5) is 0. The fourth-order valence-corrected chi connectivity index (χ4v) is 1.65. The summed E-state index contributed by atoms with van der Waals surface area (Å²) in [5.74, 6) is 1.51. The molecular weight excluding hydrogens is 200 g/mol. The molecule has 0 unspecified atom stereocenters. The van der Waals surface area contributed by atoms with Crippen LogP contribution in [-0.4, -0.2) is 20.3 Å². The Balaban J connectivity index is 2.76. The van der Waals surface area contributed by atoms with Gasteiger partial charge in [-0.1, -0.05) is 26.0 Å². The number of benzene rings is 1. The van der Waals surface area contributed by atoms with Gasteiger partial charge in [0.05, 0.1) is 7.11 Å². The number of hydrogen-bond donors (Lipinski definition) is 2. The first kappa shape index (κ1) is 13.0. The van der Waals surface area contributed by atoms with E-state index in [-0.39, 0.29) is 0 Å². The fraction of sp³-hybridized carbons (Fsp3) is 0.538. The summed E-state index contributed by atoms with van der Waals surface area (Å²) in [7, 11) is 1.72. The largest absolute Gasteiger partial charge is 0.496 e. The van der Waals surface area contributed by atoms with E-state index in [1.807, 2.05) is 0 Å². The zero-order valence-electron chi connectivity index (χ0n) is 10.4. The minimum absolute atomic E-state index is 0.520. The quantitative estimate of drug-likeness (QED) is 0.570. The van der Waals surface area contributed by atoms with Crippen LogP contribution in [0.2, 0.25) is 0 Å². The summed E-state index contributed by atoms with van der Waals surface area (Å²) in [6, 6.07) is 6.44. The molecule has 0 saturated heterocycles. The molecule has 0 aromatic heterocycles. The number of rotatable bonds is 6. The van der Waals surface area contributed by atoms with Crippen molar-refractivity contribution in [2.75, 3.05) is 20.3 Å². The Morgan fingerprint density at radius 2 is 2.12 bits per heavy atom. The third kappa shape index (κ3) is 3.51. The third-order valence-electron chi connectivity index (χ3n) is 2.69.